The Kier molecular flexibility index (Phi) is 11.2. The number of nitrogens with one attached hydrogen (secondary N) is 2. The molecule has 4 rings (SSSR count). The van der Waals surface area contributed by atoms with Gasteiger partial charge in [0.2, 0.25) is 0 Å². The van der Waals surface area contributed by atoms with Crippen LogP contribution in [0.4, 0.5) is 0 Å². The number of fused-ring (bicyclic) bond motifs is 5. The van der Waals surface area contributed by atoms with Crippen LogP contribution in [0, 0.1) is 46.3 Å². The van der Waals surface area contributed by atoms with Crippen molar-refractivity contribution in [3.05, 3.63) is 0 Å². The summed E-state index contributed by atoms with van der Waals surface area (Å²) < 4.78 is 35.2. The van der Waals surface area contributed by atoms with Gasteiger partial charge in [0.05, 0.1) is 6.61 Å². The van der Waals surface area contributed by atoms with Crippen LogP contribution in [0.1, 0.15) is 111 Å². The third-order valence-corrected chi connectivity index (χ3v) is 12.7. The quantitative estimate of drug-likeness (QED) is 0.151. The van der Waals surface area contributed by atoms with E-state index < -0.39 is 10.4 Å². The number of hydrogen-bond acceptors (Lipinski definition) is 6. The summed E-state index contributed by atoms with van der Waals surface area (Å²) in [5, 5.41) is 7.48. The molecule has 0 aromatic carbocycles. The maximum Gasteiger partial charge on any atom is 0.397 e. The molecule has 7 nitrogen and oxygen atoms in total. The van der Waals surface area contributed by atoms with Crippen LogP contribution in [0.15, 0.2) is 0 Å². The van der Waals surface area contributed by atoms with E-state index in [1.807, 2.05) is 0 Å². The van der Waals surface area contributed by atoms with E-state index in [1.165, 1.54) is 70.6 Å². The Balaban J connectivity index is 1.25. The van der Waals surface area contributed by atoms with Gasteiger partial charge in [-0.1, -0.05) is 20.8 Å². The fourth-order valence-corrected chi connectivity index (χ4v) is 10.6. The van der Waals surface area contributed by atoms with Crippen LogP contribution in [0.3, 0.4) is 0 Å². The number of unbranched alkanes of at least 4 members (excludes halogenated alkanes) is 1. The molecule has 0 aromatic heterocycles. The van der Waals surface area contributed by atoms with Gasteiger partial charge in [0.1, 0.15) is 0 Å². The van der Waals surface area contributed by atoms with Crippen molar-refractivity contribution in [2.24, 2.45) is 52.1 Å². The summed E-state index contributed by atoms with van der Waals surface area (Å²) in [6.45, 7) is 11.8. The van der Waals surface area contributed by atoms with E-state index in [0.717, 1.165) is 68.6 Å². The molecule has 0 amide bonds. The molecule has 0 saturated heterocycles. The van der Waals surface area contributed by atoms with Crippen LogP contribution in [-0.2, 0) is 14.6 Å². The molecule has 4 saturated carbocycles. The van der Waals surface area contributed by atoms with Gasteiger partial charge in [-0.2, -0.15) is 8.42 Å². The van der Waals surface area contributed by atoms with Gasteiger partial charge in [0.15, 0.2) is 0 Å². The van der Waals surface area contributed by atoms with Gasteiger partial charge < -0.3 is 16.4 Å². The van der Waals surface area contributed by atoms with Crippen LogP contribution in [0.2, 0.25) is 0 Å². The van der Waals surface area contributed by atoms with E-state index in [1.54, 1.807) is 0 Å². The lowest BCUT2D eigenvalue weighted by Gasteiger charge is -2.61. The zero-order valence-corrected chi connectivity index (χ0v) is 26.0. The first-order valence-corrected chi connectivity index (χ1v) is 17.7. The first-order valence-electron chi connectivity index (χ1n) is 16.3. The average molecular weight is 570 g/mol. The van der Waals surface area contributed by atoms with E-state index in [9.17, 15) is 8.42 Å². The summed E-state index contributed by atoms with van der Waals surface area (Å²) in [5.74, 6) is 4.79. The van der Waals surface area contributed by atoms with E-state index in [4.69, 9.17) is 10.3 Å². The summed E-state index contributed by atoms with van der Waals surface area (Å²) in [6.07, 6.45) is 17.6. The highest BCUT2D eigenvalue weighted by atomic mass is 32.3. The molecule has 0 aliphatic heterocycles. The molecule has 228 valence electrons. The standard InChI is InChI=1S/C31H59N3O4S/c1-23(8-6-21-38-39(35,36)37)27-11-12-28-26-10-9-24-22-25(34-20-7-19-33-18-5-4-17-32)13-15-30(24,2)29(26)14-16-31(27,28)3/h23-29,33-34H,4-22,32H2,1-3H3,(H,35,36,37)/t23?,24-,25?,26?,27+,28?,29?,30-,31+/m0/s1. The minimum Gasteiger partial charge on any atom is -0.330 e. The Morgan fingerprint density at radius 3 is 2.44 bits per heavy atom. The molecule has 4 aliphatic rings. The predicted octanol–water partition coefficient (Wildman–Crippen LogP) is 5.56. The first kappa shape index (κ1) is 31.7. The van der Waals surface area contributed by atoms with Crippen LogP contribution < -0.4 is 16.4 Å². The van der Waals surface area contributed by atoms with Crippen LogP contribution in [0.5, 0.6) is 0 Å². The molecule has 5 N–H and O–H groups in total. The van der Waals surface area contributed by atoms with Gasteiger partial charge in [0.25, 0.3) is 0 Å². The van der Waals surface area contributed by atoms with Gasteiger partial charge in [-0.25, -0.2) is 4.18 Å². The van der Waals surface area contributed by atoms with Crippen molar-refractivity contribution in [1.29, 1.82) is 0 Å². The molecule has 39 heavy (non-hydrogen) atoms. The molecule has 4 aliphatic carbocycles. The second kappa shape index (κ2) is 13.8. The van der Waals surface area contributed by atoms with Crippen molar-refractivity contribution >= 4 is 10.4 Å². The highest BCUT2D eigenvalue weighted by molar-refractivity contribution is 7.80. The fourth-order valence-electron chi connectivity index (χ4n) is 10.2. The number of rotatable bonds is 15. The minimum absolute atomic E-state index is 0.0858. The van der Waals surface area contributed by atoms with Crippen molar-refractivity contribution in [3.63, 3.8) is 0 Å². The molecule has 0 heterocycles. The largest absolute Gasteiger partial charge is 0.397 e. The summed E-state index contributed by atoms with van der Waals surface area (Å²) in [4.78, 5) is 0. The van der Waals surface area contributed by atoms with Gasteiger partial charge in [-0.15, -0.1) is 0 Å². The Hall–Kier alpha value is -0.250. The predicted molar refractivity (Wildman–Crippen MR) is 159 cm³/mol. The van der Waals surface area contributed by atoms with Crippen LogP contribution in [0.25, 0.3) is 0 Å². The van der Waals surface area contributed by atoms with Crippen molar-refractivity contribution < 1.29 is 17.2 Å². The molecule has 5 unspecified atom stereocenters. The maximum absolute atomic E-state index is 10.9. The van der Waals surface area contributed by atoms with E-state index in [0.29, 0.717) is 29.2 Å². The summed E-state index contributed by atoms with van der Waals surface area (Å²) in [6, 6.07) is 0.701. The van der Waals surface area contributed by atoms with E-state index in [-0.39, 0.29) is 6.61 Å². The second-order valence-corrected chi connectivity index (χ2v) is 15.4. The third kappa shape index (κ3) is 7.59. The number of hydrogen-bond donors (Lipinski definition) is 4. The molecule has 0 radical (unpaired) electrons. The zero-order valence-electron chi connectivity index (χ0n) is 25.1. The van der Waals surface area contributed by atoms with Crippen molar-refractivity contribution in [1.82, 2.24) is 10.6 Å². The Morgan fingerprint density at radius 1 is 0.923 bits per heavy atom. The van der Waals surface area contributed by atoms with Crippen molar-refractivity contribution in [3.8, 4) is 0 Å². The van der Waals surface area contributed by atoms with Gasteiger partial charge >= 0.3 is 10.4 Å². The summed E-state index contributed by atoms with van der Waals surface area (Å²) in [7, 11) is -4.33. The summed E-state index contributed by atoms with van der Waals surface area (Å²) in [5.41, 5.74) is 6.52. The van der Waals surface area contributed by atoms with E-state index in [2.05, 4.69) is 35.6 Å². The summed E-state index contributed by atoms with van der Waals surface area (Å²) >= 11 is 0. The lowest BCUT2D eigenvalue weighted by atomic mass is 9.44. The maximum atomic E-state index is 10.9. The lowest BCUT2D eigenvalue weighted by Crippen LogP contribution is -2.55. The molecule has 9 atom stereocenters. The number of nitrogens with two attached hydrogens (primary N) is 1. The van der Waals surface area contributed by atoms with Crippen LogP contribution in [-0.4, -0.2) is 51.8 Å². The zero-order chi connectivity index (χ0) is 28.1. The smallest absolute Gasteiger partial charge is 0.330 e. The van der Waals surface area contributed by atoms with Gasteiger partial charge in [-0.05, 0) is 162 Å². The highest BCUT2D eigenvalue weighted by Crippen LogP contribution is 2.68. The first-order chi connectivity index (χ1) is 18.6. The van der Waals surface area contributed by atoms with Crippen molar-refractivity contribution in [2.75, 3.05) is 32.8 Å². The SMILES string of the molecule is CC(CCCOS(=O)(=O)O)[C@H]1CCC2C3CC[C@H]4CC(NCCCNCCCCN)CC[C@]4(C)C3CC[C@@]21C. The van der Waals surface area contributed by atoms with Gasteiger partial charge in [-0.3, -0.25) is 4.55 Å². The topological polar surface area (TPSA) is 114 Å². The lowest BCUT2D eigenvalue weighted by molar-refractivity contribution is -0.118. The Bertz CT molecular complexity index is 872. The van der Waals surface area contributed by atoms with Crippen molar-refractivity contribution in [2.45, 2.75) is 117 Å². The molecule has 0 aromatic rings. The highest BCUT2D eigenvalue weighted by Gasteiger charge is 2.60. The van der Waals surface area contributed by atoms with E-state index >= 15 is 0 Å². The minimum atomic E-state index is -4.33. The molecule has 4 fully saturated rings. The molecular formula is C31H59N3O4S. The third-order valence-electron chi connectivity index (χ3n) is 12.2. The molecule has 0 spiro atoms. The Labute approximate surface area is 239 Å². The normalized spacial score (nSPS) is 39.1. The molecule has 0 bridgehead atoms. The fraction of sp³-hybridized carbons (Fsp3) is 1.00. The molecule has 8 heteroatoms. The monoisotopic (exact) mass is 569 g/mol. The molecular weight excluding hydrogens is 510 g/mol. The average Bonchev–Trinajstić information content (AvgIpc) is 3.25. The second-order valence-electron chi connectivity index (χ2n) is 14.3. The van der Waals surface area contributed by atoms with Gasteiger partial charge in [0, 0.05) is 6.04 Å². The van der Waals surface area contributed by atoms with Crippen LogP contribution >= 0.6 is 0 Å². The Morgan fingerprint density at radius 2 is 1.67 bits per heavy atom.